The van der Waals surface area contributed by atoms with E-state index in [2.05, 4.69) is 31.5 Å². The predicted octanol–water partition coefficient (Wildman–Crippen LogP) is 3.65. The largest absolute Gasteiger partial charge is 0.496 e. The van der Waals surface area contributed by atoms with Crippen molar-refractivity contribution in [1.82, 2.24) is 10.3 Å². The zero-order valence-corrected chi connectivity index (χ0v) is 12.9. The van der Waals surface area contributed by atoms with E-state index in [0.29, 0.717) is 5.82 Å². The second-order valence-electron chi connectivity index (χ2n) is 4.04. The molecule has 2 amide bonds. The van der Waals surface area contributed by atoms with Gasteiger partial charge in [-0.15, -0.1) is 0 Å². The minimum atomic E-state index is -0.365. The van der Waals surface area contributed by atoms with Crippen molar-refractivity contribution < 1.29 is 9.53 Å². The molecule has 0 atom stereocenters. The number of anilines is 1. The highest BCUT2D eigenvalue weighted by atomic mass is 79.9. The summed E-state index contributed by atoms with van der Waals surface area (Å²) in [6, 6.07) is 10.7. The first-order valence-corrected chi connectivity index (χ1v) is 6.97. The Bertz CT molecular complexity index is 642. The van der Waals surface area contributed by atoms with Crippen molar-refractivity contribution >= 4 is 33.9 Å². The van der Waals surface area contributed by atoms with Crippen molar-refractivity contribution in [3.8, 4) is 5.75 Å². The van der Waals surface area contributed by atoms with Crippen LogP contribution in [0.3, 0.4) is 0 Å². The molecule has 6 heteroatoms. The maximum Gasteiger partial charge on any atom is 0.324 e. The van der Waals surface area contributed by atoms with Crippen molar-refractivity contribution in [2.75, 3.05) is 12.4 Å². The summed E-state index contributed by atoms with van der Waals surface area (Å²) in [5.41, 5.74) is 0.877. The summed E-state index contributed by atoms with van der Waals surface area (Å²) in [6.45, 7) is 0. The molecule has 21 heavy (non-hydrogen) atoms. The fourth-order valence-corrected chi connectivity index (χ4v) is 1.85. The summed E-state index contributed by atoms with van der Waals surface area (Å²) in [7, 11) is 1.60. The van der Waals surface area contributed by atoms with Gasteiger partial charge in [0.15, 0.2) is 0 Å². The van der Waals surface area contributed by atoms with Gasteiger partial charge in [0.2, 0.25) is 0 Å². The SMILES string of the molecule is COc1ccccc1/C=C/NC(=O)Nc1ccc(Br)cn1. The van der Waals surface area contributed by atoms with Gasteiger partial charge >= 0.3 is 6.03 Å². The number of hydrogen-bond acceptors (Lipinski definition) is 3. The Morgan fingerprint density at radius 2 is 2.10 bits per heavy atom. The van der Waals surface area contributed by atoms with E-state index in [4.69, 9.17) is 4.74 Å². The molecule has 1 heterocycles. The predicted molar refractivity (Wildman–Crippen MR) is 86.1 cm³/mol. The Labute approximate surface area is 131 Å². The zero-order chi connectivity index (χ0) is 15.1. The van der Waals surface area contributed by atoms with Crippen LogP contribution in [0.1, 0.15) is 5.56 Å². The fourth-order valence-electron chi connectivity index (χ4n) is 1.61. The van der Waals surface area contributed by atoms with Crippen molar-refractivity contribution in [3.05, 3.63) is 58.8 Å². The van der Waals surface area contributed by atoms with E-state index in [1.165, 1.54) is 0 Å². The fraction of sp³-hybridized carbons (Fsp3) is 0.0667. The Balaban J connectivity index is 1.91. The molecule has 0 bridgehead atoms. The number of carbonyl (C=O) groups is 1. The minimum Gasteiger partial charge on any atom is -0.496 e. The number of pyridine rings is 1. The highest BCUT2D eigenvalue weighted by Crippen LogP contribution is 2.18. The van der Waals surface area contributed by atoms with Gasteiger partial charge in [0.1, 0.15) is 11.6 Å². The van der Waals surface area contributed by atoms with Crippen LogP contribution in [0.2, 0.25) is 0 Å². The number of nitrogens with zero attached hydrogens (tertiary/aromatic N) is 1. The molecule has 1 aromatic heterocycles. The van der Waals surface area contributed by atoms with Crippen LogP contribution in [0.15, 0.2) is 53.3 Å². The second-order valence-corrected chi connectivity index (χ2v) is 4.95. The number of urea groups is 1. The van der Waals surface area contributed by atoms with Crippen LogP contribution in [0, 0.1) is 0 Å². The van der Waals surface area contributed by atoms with Crippen LogP contribution < -0.4 is 15.4 Å². The van der Waals surface area contributed by atoms with E-state index in [-0.39, 0.29) is 6.03 Å². The third-order valence-electron chi connectivity index (χ3n) is 2.59. The van der Waals surface area contributed by atoms with E-state index < -0.39 is 0 Å². The molecule has 1 aromatic carbocycles. The third kappa shape index (κ3) is 4.61. The van der Waals surface area contributed by atoms with Crippen LogP contribution >= 0.6 is 15.9 Å². The number of ether oxygens (including phenoxy) is 1. The van der Waals surface area contributed by atoms with Crippen molar-refractivity contribution in [3.63, 3.8) is 0 Å². The lowest BCUT2D eigenvalue weighted by molar-refractivity contribution is 0.255. The molecule has 0 fully saturated rings. The summed E-state index contributed by atoms with van der Waals surface area (Å²) in [5, 5.41) is 5.23. The molecule has 0 radical (unpaired) electrons. The molecule has 2 N–H and O–H groups in total. The monoisotopic (exact) mass is 347 g/mol. The summed E-state index contributed by atoms with van der Waals surface area (Å²) < 4.78 is 6.07. The van der Waals surface area contributed by atoms with Crippen molar-refractivity contribution in [2.24, 2.45) is 0 Å². The Morgan fingerprint density at radius 3 is 2.81 bits per heavy atom. The lowest BCUT2D eigenvalue weighted by Crippen LogP contribution is -2.24. The van der Waals surface area contributed by atoms with Gasteiger partial charge < -0.3 is 10.1 Å². The van der Waals surface area contributed by atoms with E-state index >= 15 is 0 Å². The van der Waals surface area contributed by atoms with Crippen LogP contribution in [0.5, 0.6) is 5.75 Å². The van der Waals surface area contributed by atoms with Crippen molar-refractivity contribution in [1.29, 1.82) is 0 Å². The van der Waals surface area contributed by atoms with Gasteiger partial charge in [0, 0.05) is 22.4 Å². The number of aromatic nitrogens is 1. The van der Waals surface area contributed by atoms with Crippen LogP contribution in [0.25, 0.3) is 6.08 Å². The molecule has 0 spiro atoms. The molecule has 108 valence electrons. The number of benzene rings is 1. The zero-order valence-electron chi connectivity index (χ0n) is 11.3. The smallest absolute Gasteiger partial charge is 0.324 e. The summed E-state index contributed by atoms with van der Waals surface area (Å²) in [4.78, 5) is 15.7. The Morgan fingerprint density at radius 1 is 1.29 bits per heavy atom. The van der Waals surface area contributed by atoms with Gasteiger partial charge in [-0.25, -0.2) is 9.78 Å². The summed E-state index contributed by atoms with van der Waals surface area (Å²) >= 11 is 3.28. The van der Waals surface area contributed by atoms with Gasteiger partial charge in [0.25, 0.3) is 0 Å². The molecule has 0 unspecified atom stereocenters. The molecular formula is C15H14BrN3O2. The maximum atomic E-state index is 11.7. The third-order valence-corrected chi connectivity index (χ3v) is 3.05. The first kappa shape index (κ1) is 15.1. The number of halogens is 1. The topological polar surface area (TPSA) is 63.2 Å². The van der Waals surface area contributed by atoms with Gasteiger partial charge in [0.05, 0.1) is 7.11 Å². The average Bonchev–Trinajstić information content (AvgIpc) is 2.50. The number of hydrogen-bond donors (Lipinski definition) is 2. The Hall–Kier alpha value is -2.34. The number of methoxy groups -OCH3 is 1. The molecule has 2 aromatic rings. The standard InChI is InChI=1S/C15H14BrN3O2/c1-21-13-5-3-2-4-11(13)8-9-17-15(20)19-14-7-6-12(16)10-18-14/h2-10H,1H3,(H2,17,18,19,20)/b9-8+. The number of amides is 2. The van der Waals surface area contributed by atoms with E-state index in [9.17, 15) is 4.79 Å². The molecule has 0 saturated carbocycles. The van der Waals surface area contributed by atoms with Crippen LogP contribution in [-0.4, -0.2) is 18.1 Å². The maximum absolute atomic E-state index is 11.7. The lowest BCUT2D eigenvalue weighted by atomic mass is 10.2. The number of carbonyl (C=O) groups excluding carboxylic acids is 1. The van der Waals surface area contributed by atoms with E-state index in [1.54, 1.807) is 37.7 Å². The molecule has 5 nitrogen and oxygen atoms in total. The van der Waals surface area contributed by atoms with Crippen molar-refractivity contribution in [2.45, 2.75) is 0 Å². The number of para-hydroxylation sites is 1. The highest BCUT2D eigenvalue weighted by Gasteiger charge is 2.00. The van der Waals surface area contributed by atoms with Gasteiger partial charge in [-0.1, -0.05) is 18.2 Å². The van der Waals surface area contributed by atoms with Gasteiger partial charge in [-0.05, 0) is 40.2 Å². The van der Waals surface area contributed by atoms with Gasteiger partial charge in [-0.2, -0.15) is 0 Å². The average molecular weight is 348 g/mol. The lowest BCUT2D eigenvalue weighted by Gasteiger charge is -2.05. The quantitative estimate of drug-likeness (QED) is 0.887. The van der Waals surface area contributed by atoms with E-state index in [1.807, 2.05) is 24.3 Å². The second kappa shape index (κ2) is 7.44. The van der Waals surface area contributed by atoms with E-state index in [0.717, 1.165) is 15.8 Å². The number of nitrogens with one attached hydrogen (secondary N) is 2. The normalized spacial score (nSPS) is 10.4. The summed E-state index contributed by atoms with van der Waals surface area (Å²) in [6.07, 6.45) is 4.92. The molecule has 2 rings (SSSR count). The minimum absolute atomic E-state index is 0.365. The first-order valence-electron chi connectivity index (χ1n) is 6.17. The number of rotatable bonds is 4. The molecule has 0 aliphatic heterocycles. The first-order chi connectivity index (χ1) is 10.2. The summed E-state index contributed by atoms with van der Waals surface area (Å²) in [5.74, 6) is 1.21. The molecule has 0 saturated heterocycles. The molecule has 0 aliphatic carbocycles. The van der Waals surface area contributed by atoms with Gasteiger partial charge in [-0.3, -0.25) is 5.32 Å². The van der Waals surface area contributed by atoms with Crippen LogP contribution in [-0.2, 0) is 0 Å². The Kier molecular flexibility index (Phi) is 5.34. The highest BCUT2D eigenvalue weighted by molar-refractivity contribution is 9.10. The molecule has 0 aliphatic rings. The van der Waals surface area contributed by atoms with Crippen LogP contribution in [0.4, 0.5) is 10.6 Å². The molecular weight excluding hydrogens is 334 g/mol.